The summed E-state index contributed by atoms with van der Waals surface area (Å²) in [6.45, 7) is 9.25. The number of carboxylic acids is 1. The second-order valence-electron chi connectivity index (χ2n) is 4.79. The van der Waals surface area contributed by atoms with Crippen LogP contribution in [0.2, 0.25) is 0 Å². The molecule has 1 aromatic rings. The zero-order valence-electron chi connectivity index (χ0n) is 12.0. The van der Waals surface area contributed by atoms with E-state index in [2.05, 4.69) is 17.2 Å². The fourth-order valence-electron chi connectivity index (χ4n) is 2.07. The van der Waals surface area contributed by atoms with Gasteiger partial charge in [-0.05, 0) is 38.3 Å². The Morgan fingerprint density at radius 1 is 1.30 bits per heavy atom. The van der Waals surface area contributed by atoms with Crippen LogP contribution in [0.5, 0.6) is 0 Å². The maximum Gasteiger partial charge on any atom is 0.326 e. The summed E-state index contributed by atoms with van der Waals surface area (Å²) in [6, 6.07) is 2.41. The zero-order valence-corrected chi connectivity index (χ0v) is 12.0. The highest BCUT2D eigenvalue weighted by Gasteiger charge is 2.18. The quantitative estimate of drug-likeness (QED) is 0.723. The van der Waals surface area contributed by atoms with Crippen LogP contribution >= 0.6 is 0 Å². The topological polar surface area (TPSA) is 78.4 Å². The molecule has 0 bridgehead atoms. The fourth-order valence-corrected chi connectivity index (χ4v) is 2.07. The Morgan fingerprint density at radius 2 is 1.85 bits per heavy atom. The van der Waals surface area contributed by atoms with Gasteiger partial charge in [-0.2, -0.15) is 0 Å². The van der Waals surface area contributed by atoms with Crippen LogP contribution in [0.3, 0.4) is 0 Å². The number of nitrogens with one attached hydrogen (secondary N) is 2. The first kappa shape index (κ1) is 15.8. The van der Waals surface area contributed by atoms with Crippen molar-refractivity contribution in [3.8, 4) is 0 Å². The molecular weight excluding hydrogens is 256 g/mol. The number of amides is 2. The van der Waals surface area contributed by atoms with Crippen LogP contribution in [-0.2, 0) is 4.79 Å². The molecule has 0 fully saturated rings. The summed E-state index contributed by atoms with van der Waals surface area (Å²) in [5, 5.41) is 14.1. The molecule has 108 valence electrons. The lowest BCUT2D eigenvalue weighted by Crippen LogP contribution is -2.42. The molecule has 5 heteroatoms. The summed E-state index contributed by atoms with van der Waals surface area (Å²) >= 11 is 0. The highest BCUT2D eigenvalue weighted by Crippen LogP contribution is 2.21. The molecule has 5 nitrogen and oxygen atoms in total. The number of anilines is 1. The van der Waals surface area contributed by atoms with Gasteiger partial charge in [0.05, 0.1) is 0 Å². The van der Waals surface area contributed by atoms with Gasteiger partial charge in [-0.25, -0.2) is 9.59 Å². The Kier molecular flexibility index (Phi) is 5.32. The predicted molar refractivity (Wildman–Crippen MR) is 79.0 cm³/mol. The van der Waals surface area contributed by atoms with Gasteiger partial charge >= 0.3 is 12.0 Å². The van der Waals surface area contributed by atoms with Crippen LogP contribution in [0.25, 0.3) is 0 Å². The van der Waals surface area contributed by atoms with Gasteiger partial charge in [0.2, 0.25) is 0 Å². The molecule has 0 aliphatic rings. The minimum absolute atomic E-state index is 0.175. The Labute approximate surface area is 118 Å². The number of benzene rings is 1. The summed E-state index contributed by atoms with van der Waals surface area (Å²) in [5.41, 5.74) is 3.69. The zero-order chi connectivity index (χ0) is 15.3. The largest absolute Gasteiger partial charge is 0.480 e. The van der Waals surface area contributed by atoms with Gasteiger partial charge in [0.15, 0.2) is 0 Å². The Balaban J connectivity index is 2.81. The van der Waals surface area contributed by atoms with E-state index in [9.17, 15) is 9.59 Å². The van der Waals surface area contributed by atoms with Crippen molar-refractivity contribution in [3.63, 3.8) is 0 Å². The maximum absolute atomic E-state index is 11.9. The molecule has 1 aromatic carbocycles. The third-order valence-electron chi connectivity index (χ3n) is 2.92. The molecule has 0 spiro atoms. The van der Waals surface area contributed by atoms with Gasteiger partial charge in [0.25, 0.3) is 0 Å². The number of aryl methyl sites for hydroxylation is 3. The number of carbonyl (C=O) groups excluding carboxylic acids is 1. The van der Waals surface area contributed by atoms with Gasteiger partial charge in [0.1, 0.15) is 6.04 Å². The predicted octanol–water partition coefficient (Wildman–Crippen LogP) is 2.76. The van der Waals surface area contributed by atoms with E-state index in [0.717, 1.165) is 16.7 Å². The normalized spacial score (nSPS) is 11.6. The second kappa shape index (κ2) is 6.75. The standard InChI is InChI=1S/C15H20N2O3/c1-5-6-12(14(18)19)16-15(20)17-13-10(3)7-9(2)8-11(13)4/h5,7-8,12H,1,6H2,2-4H3,(H,18,19)(H2,16,17,20). The lowest BCUT2D eigenvalue weighted by atomic mass is 10.1. The molecule has 20 heavy (non-hydrogen) atoms. The van der Waals surface area contributed by atoms with Gasteiger partial charge in [0, 0.05) is 5.69 Å². The molecular formula is C15H20N2O3. The van der Waals surface area contributed by atoms with E-state index in [-0.39, 0.29) is 6.42 Å². The Hall–Kier alpha value is -2.30. The van der Waals surface area contributed by atoms with Crippen LogP contribution in [0, 0.1) is 20.8 Å². The van der Waals surface area contributed by atoms with Gasteiger partial charge < -0.3 is 15.7 Å². The van der Waals surface area contributed by atoms with Crippen molar-refractivity contribution in [3.05, 3.63) is 41.5 Å². The molecule has 0 radical (unpaired) electrons. The molecule has 1 rings (SSSR count). The van der Waals surface area contributed by atoms with Crippen molar-refractivity contribution >= 4 is 17.7 Å². The molecule has 1 atom stereocenters. The van der Waals surface area contributed by atoms with E-state index < -0.39 is 18.0 Å². The molecule has 0 heterocycles. The van der Waals surface area contributed by atoms with Crippen LogP contribution in [0.4, 0.5) is 10.5 Å². The monoisotopic (exact) mass is 276 g/mol. The van der Waals surface area contributed by atoms with Crippen molar-refractivity contribution in [2.75, 3.05) is 5.32 Å². The van der Waals surface area contributed by atoms with Gasteiger partial charge in [-0.3, -0.25) is 0 Å². The number of aliphatic carboxylic acids is 1. The van der Waals surface area contributed by atoms with Crippen LogP contribution in [-0.4, -0.2) is 23.1 Å². The van der Waals surface area contributed by atoms with Crippen LogP contribution in [0.15, 0.2) is 24.8 Å². The molecule has 0 saturated heterocycles. The Bertz CT molecular complexity index is 515. The van der Waals surface area contributed by atoms with Gasteiger partial charge in [-0.15, -0.1) is 6.58 Å². The molecule has 0 aliphatic heterocycles. The van der Waals surface area contributed by atoms with Crippen molar-refractivity contribution in [1.29, 1.82) is 0 Å². The van der Waals surface area contributed by atoms with E-state index >= 15 is 0 Å². The first-order chi connectivity index (χ1) is 9.35. The molecule has 0 aliphatic carbocycles. The molecule has 1 unspecified atom stereocenters. The summed E-state index contributed by atoms with van der Waals surface area (Å²) in [6.07, 6.45) is 1.63. The molecule has 0 saturated carbocycles. The number of hydrogen-bond acceptors (Lipinski definition) is 2. The highest BCUT2D eigenvalue weighted by molar-refractivity contribution is 5.93. The molecule has 2 amide bonds. The first-order valence-electron chi connectivity index (χ1n) is 6.34. The average molecular weight is 276 g/mol. The summed E-state index contributed by atoms with van der Waals surface area (Å²) < 4.78 is 0. The number of carbonyl (C=O) groups is 2. The second-order valence-corrected chi connectivity index (χ2v) is 4.79. The van der Waals surface area contributed by atoms with Gasteiger partial charge in [-0.1, -0.05) is 23.8 Å². The first-order valence-corrected chi connectivity index (χ1v) is 6.34. The van der Waals surface area contributed by atoms with E-state index in [1.165, 1.54) is 6.08 Å². The SMILES string of the molecule is C=CCC(NC(=O)Nc1c(C)cc(C)cc1C)C(=O)O. The fraction of sp³-hybridized carbons (Fsp3) is 0.333. The number of urea groups is 1. The molecule has 0 aromatic heterocycles. The highest BCUT2D eigenvalue weighted by atomic mass is 16.4. The third-order valence-corrected chi connectivity index (χ3v) is 2.92. The number of rotatable bonds is 5. The summed E-state index contributed by atoms with van der Waals surface area (Å²) in [5.74, 6) is -1.09. The van der Waals surface area contributed by atoms with E-state index in [4.69, 9.17) is 5.11 Å². The molecule has 3 N–H and O–H groups in total. The van der Waals surface area contributed by atoms with Crippen LogP contribution in [0.1, 0.15) is 23.1 Å². The third kappa shape index (κ3) is 4.12. The van der Waals surface area contributed by atoms with Crippen molar-refractivity contribution in [1.82, 2.24) is 5.32 Å². The average Bonchev–Trinajstić information content (AvgIpc) is 2.33. The summed E-state index contributed by atoms with van der Waals surface area (Å²) in [7, 11) is 0. The van der Waals surface area contributed by atoms with Crippen LogP contribution < -0.4 is 10.6 Å². The van der Waals surface area contributed by atoms with E-state index in [0.29, 0.717) is 5.69 Å². The van der Waals surface area contributed by atoms with Crippen molar-refractivity contribution < 1.29 is 14.7 Å². The van der Waals surface area contributed by atoms with E-state index in [1.807, 2.05) is 32.9 Å². The summed E-state index contributed by atoms with van der Waals surface area (Å²) in [4.78, 5) is 22.8. The Morgan fingerprint density at radius 3 is 2.30 bits per heavy atom. The van der Waals surface area contributed by atoms with E-state index in [1.54, 1.807) is 0 Å². The lowest BCUT2D eigenvalue weighted by Gasteiger charge is -2.16. The smallest absolute Gasteiger partial charge is 0.326 e. The minimum Gasteiger partial charge on any atom is -0.480 e. The van der Waals surface area contributed by atoms with Crippen molar-refractivity contribution in [2.24, 2.45) is 0 Å². The lowest BCUT2D eigenvalue weighted by molar-refractivity contribution is -0.139. The minimum atomic E-state index is -1.09. The van der Waals surface area contributed by atoms with Crippen molar-refractivity contribution in [2.45, 2.75) is 33.2 Å². The number of carboxylic acid groups (broad SMARTS) is 1. The maximum atomic E-state index is 11.9. The number of hydrogen-bond donors (Lipinski definition) is 3.